The Morgan fingerprint density at radius 3 is 2.17 bits per heavy atom. The van der Waals surface area contributed by atoms with Crippen molar-refractivity contribution in [2.45, 2.75) is 77.7 Å². The molecule has 0 aromatic heterocycles. The lowest BCUT2D eigenvalue weighted by Gasteiger charge is -2.29. The van der Waals surface area contributed by atoms with Crippen LogP contribution >= 0.6 is 0 Å². The number of aliphatic imine (C=N–C) groups is 2. The van der Waals surface area contributed by atoms with E-state index in [0.717, 1.165) is 17.5 Å². The van der Waals surface area contributed by atoms with Gasteiger partial charge in [0.1, 0.15) is 18.0 Å². The van der Waals surface area contributed by atoms with E-state index in [4.69, 9.17) is 9.47 Å². The highest BCUT2D eigenvalue weighted by atomic mass is 16.6. The average Bonchev–Trinajstić information content (AvgIpc) is 3.26. The predicted molar refractivity (Wildman–Crippen MR) is 160 cm³/mol. The number of benzene rings is 2. The van der Waals surface area contributed by atoms with E-state index in [1.165, 1.54) is 18.1 Å². The van der Waals surface area contributed by atoms with E-state index in [0.29, 0.717) is 45.2 Å². The predicted octanol–water partition coefficient (Wildman–Crippen LogP) is 3.73. The first-order chi connectivity index (χ1) is 20.0. The Morgan fingerprint density at radius 1 is 0.905 bits per heavy atom. The summed E-state index contributed by atoms with van der Waals surface area (Å²) in [6.07, 6.45) is 2.09. The van der Waals surface area contributed by atoms with Gasteiger partial charge in [0.25, 0.3) is 0 Å². The molecule has 42 heavy (non-hydrogen) atoms. The lowest BCUT2D eigenvalue weighted by Crippen LogP contribution is -2.34. The first-order valence-electron chi connectivity index (χ1n) is 14.7. The van der Waals surface area contributed by atoms with Crippen molar-refractivity contribution in [2.24, 2.45) is 15.9 Å². The highest BCUT2D eigenvalue weighted by molar-refractivity contribution is 5.79. The van der Waals surface area contributed by atoms with Crippen LogP contribution in [-0.4, -0.2) is 55.7 Å². The molecule has 0 bridgehead atoms. The first kappa shape index (κ1) is 32.6. The second kappa shape index (κ2) is 15.9. The van der Waals surface area contributed by atoms with E-state index in [2.05, 4.69) is 39.6 Å². The van der Waals surface area contributed by atoms with Crippen molar-refractivity contribution in [1.29, 1.82) is 0 Å². The van der Waals surface area contributed by atoms with Gasteiger partial charge in [-0.1, -0.05) is 75.7 Å². The number of Topliss-reactive ketones (excluding diaryl/α,β-unsaturated/α-hetero) is 1. The SMILES string of the molecule is CC(=O)CCC(CN=C([O-])OC(C)(C)C)CNC(=O)CCCCCN=C([O-])OCC1c2ccccc2-c2ccccc21. The van der Waals surface area contributed by atoms with Gasteiger partial charge in [-0.3, -0.25) is 14.8 Å². The number of ether oxygens (including phenoxy) is 2. The molecule has 1 unspecified atom stereocenters. The summed E-state index contributed by atoms with van der Waals surface area (Å²) < 4.78 is 10.7. The molecule has 3 rings (SSSR count). The third-order valence-electron chi connectivity index (χ3n) is 7.00. The molecule has 228 valence electrons. The number of amides is 1. The molecule has 0 aliphatic heterocycles. The number of carbonyl (C=O) groups excluding carboxylic acids is 2. The lowest BCUT2D eigenvalue weighted by atomic mass is 9.98. The third kappa shape index (κ3) is 10.8. The van der Waals surface area contributed by atoms with Gasteiger partial charge < -0.3 is 29.8 Å². The normalized spacial score (nSPS) is 14.2. The minimum Gasteiger partial charge on any atom is -0.599 e. The number of unbranched alkanes of at least 4 members (excludes halogenated alkanes) is 2. The van der Waals surface area contributed by atoms with Crippen molar-refractivity contribution in [3.05, 3.63) is 59.7 Å². The monoisotopic (exact) mass is 577 g/mol. The van der Waals surface area contributed by atoms with Crippen LogP contribution in [-0.2, 0) is 19.1 Å². The Balaban J connectivity index is 1.34. The standard InChI is InChI=1S/C33H45N3O6/c1-23(37)17-18-24(21-36-32(40)42-33(2,3)4)20-35-30(38)16-6-5-11-19-34-31(39)41-22-29-27-14-9-7-12-25(27)26-13-8-10-15-28(26)29/h7-10,12-15,24,29H,5-6,11,16-22H2,1-4H3,(H,34,39)(H,35,38)(H,36,40)/p-2. The zero-order valence-corrected chi connectivity index (χ0v) is 25.2. The Labute approximate surface area is 249 Å². The van der Waals surface area contributed by atoms with Crippen LogP contribution in [0.4, 0.5) is 0 Å². The molecular formula is C33H43N3O6-2. The summed E-state index contributed by atoms with van der Waals surface area (Å²) in [5.41, 5.74) is 4.04. The van der Waals surface area contributed by atoms with Crippen LogP contribution in [0, 0.1) is 5.92 Å². The molecule has 2 aromatic carbocycles. The van der Waals surface area contributed by atoms with Gasteiger partial charge in [0.05, 0.1) is 0 Å². The van der Waals surface area contributed by atoms with Gasteiger partial charge in [-0.05, 0) is 54.4 Å². The third-order valence-corrected chi connectivity index (χ3v) is 7.00. The van der Waals surface area contributed by atoms with Gasteiger partial charge in [0.2, 0.25) is 5.91 Å². The van der Waals surface area contributed by atoms with E-state index in [-0.39, 0.29) is 36.7 Å². The van der Waals surface area contributed by atoms with Gasteiger partial charge >= 0.3 is 0 Å². The molecule has 1 aliphatic rings. The molecule has 0 heterocycles. The molecule has 1 amide bonds. The number of hydrogen-bond acceptors (Lipinski definition) is 8. The summed E-state index contributed by atoms with van der Waals surface area (Å²) in [5.74, 6) is -0.190. The van der Waals surface area contributed by atoms with Gasteiger partial charge in [-0.2, -0.15) is 0 Å². The van der Waals surface area contributed by atoms with Crippen LogP contribution in [0.2, 0.25) is 0 Å². The highest BCUT2D eigenvalue weighted by Crippen LogP contribution is 2.44. The van der Waals surface area contributed by atoms with E-state index < -0.39 is 17.8 Å². The Morgan fingerprint density at radius 2 is 1.55 bits per heavy atom. The van der Waals surface area contributed by atoms with E-state index in [1.54, 1.807) is 20.8 Å². The van der Waals surface area contributed by atoms with E-state index in [9.17, 15) is 19.8 Å². The van der Waals surface area contributed by atoms with Crippen molar-refractivity contribution >= 4 is 23.9 Å². The zero-order valence-electron chi connectivity index (χ0n) is 25.2. The second-order valence-electron chi connectivity index (χ2n) is 11.7. The largest absolute Gasteiger partial charge is 0.599 e. The molecular weight excluding hydrogens is 534 g/mol. The van der Waals surface area contributed by atoms with Crippen molar-refractivity contribution < 1.29 is 29.3 Å². The smallest absolute Gasteiger partial charge is 0.220 e. The van der Waals surface area contributed by atoms with Crippen LogP contribution in [0.3, 0.4) is 0 Å². The number of ketones is 1. The van der Waals surface area contributed by atoms with Crippen molar-refractivity contribution in [2.75, 3.05) is 26.2 Å². The van der Waals surface area contributed by atoms with Gasteiger partial charge in [-0.15, -0.1) is 0 Å². The van der Waals surface area contributed by atoms with Crippen molar-refractivity contribution in [1.82, 2.24) is 5.32 Å². The maximum Gasteiger partial charge on any atom is 0.220 e. The number of nitrogens with one attached hydrogen (secondary N) is 1. The second-order valence-corrected chi connectivity index (χ2v) is 11.7. The van der Waals surface area contributed by atoms with Crippen molar-refractivity contribution in [3.63, 3.8) is 0 Å². The van der Waals surface area contributed by atoms with Gasteiger partial charge in [0, 0.05) is 50.6 Å². The molecule has 1 atom stereocenters. The molecule has 0 saturated heterocycles. The summed E-state index contributed by atoms with van der Waals surface area (Å²) in [6.45, 7) is 7.92. The topological polar surface area (TPSA) is 135 Å². The summed E-state index contributed by atoms with van der Waals surface area (Å²) in [7, 11) is 0. The van der Waals surface area contributed by atoms with E-state index in [1.807, 2.05) is 24.3 Å². The fraction of sp³-hybridized carbons (Fsp3) is 0.515. The Kier molecular flexibility index (Phi) is 12.4. The Hall–Kier alpha value is -3.88. The lowest BCUT2D eigenvalue weighted by molar-refractivity contribution is -0.260. The van der Waals surface area contributed by atoms with Gasteiger partial charge in [0.15, 0.2) is 0 Å². The van der Waals surface area contributed by atoms with Crippen LogP contribution in [0.5, 0.6) is 0 Å². The minimum atomic E-state index is -0.648. The fourth-order valence-electron chi connectivity index (χ4n) is 4.89. The summed E-state index contributed by atoms with van der Waals surface area (Å²) in [4.78, 5) is 31.7. The Bertz CT molecular complexity index is 1200. The van der Waals surface area contributed by atoms with Crippen LogP contribution in [0.1, 0.15) is 83.3 Å². The minimum absolute atomic E-state index is 0.00287. The summed E-state index contributed by atoms with van der Waals surface area (Å²) in [5, 5.41) is 27.1. The number of nitrogens with zero attached hydrogens (tertiary/aromatic N) is 2. The molecule has 9 heteroatoms. The number of rotatable bonds is 15. The number of carbonyl (C=O) groups is 2. The van der Waals surface area contributed by atoms with Crippen LogP contribution in [0.15, 0.2) is 58.5 Å². The summed E-state index contributed by atoms with van der Waals surface area (Å²) in [6, 6.07) is 16.4. The molecule has 9 nitrogen and oxygen atoms in total. The van der Waals surface area contributed by atoms with Crippen LogP contribution < -0.4 is 15.5 Å². The maximum atomic E-state index is 12.3. The fourth-order valence-corrected chi connectivity index (χ4v) is 4.89. The maximum absolute atomic E-state index is 12.3. The molecule has 0 radical (unpaired) electrons. The zero-order chi connectivity index (χ0) is 30.5. The molecule has 1 N–H and O–H groups in total. The molecule has 0 saturated carbocycles. The number of hydrogen-bond donors (Lipinski definition) is 1. The molecule has 0 fully saturated rings. The highest BCUT2D eigenvalue weighted by Gasteiger charge is 2.26. The molecule has 2 aromatic rings. The molecule has 1 aliphatic carbocycles. The number of fused-ring (bicyclic) bond motifs is 3. The van der Waals surface area contributed by atoms with Gasteiger partial charge in [-0.25, -0.2) is 0 Å². The van der Waals surface area contributed by atoms with Crippen LogP contribution in [0.25, 0.3) is 11.1 Å². The van der Waals surface area contributed by atoms with E-state index >= 15 is 0 Å². The quantitative estimate of drug-likeness (QED) is 0.195. The molecule has 0 spiro atoms. The first-order valence-corrected chi connectivity index (χ1v) is 14.7. The summed E-state index contributed by atoms with van der Waals surface area (Å²) >= 11 is 0. The average molecular weight is 578 g/mol. The van der Waals surface area contributed by atoms with Crippen molar-refractivity contribution in [3.8, 4) is 11.1 Å².